The smallest absolute Gasteiger partial charge is 0.337 e. The van der Waals surface area contributed by atoms with Gasteiger partial charge in [0.1, 0.15) is 4.90 Å². The van der Waals surface area contributed by atoms with Crippen LogP contribution in [0.2, 0.25) is 10.0 Å². The van der Waals surface area contributed by atoms with Gasteiger partial charge in [-0.05, 0) is 42.3 Å². The lowest BCUT2D eigenvalue weighted by Crippen LogP contribution is -2.17. The molecule has 3 rings (SSSR count). The maximum atomic E-state index is 13.1. The lowest BCUT2D eigenvalue weighted by atomic mass is 10.0. The molecule has 0 unspecified atom stereocenters. The van der Waals surface area contributed by atoms with Crippen molar-refractivity contribution in [2.75, 3.05) is 11.3 Å². The number of hydrogen-bond donors (Lipinski definition) is 2. The van der Waals surface area contributed by atoms with Crippen molar-refractivity contribution in [3.63, 3.8) is 0 Å². The number of rotatable bonds is 7. The Bertz CT molecular complexity index is 1200. The summed E-state index contributed by atoms with van der Waals surface area (Å²) >= 11 is 12.1. The van der Waals surface area contributed by atoms with E-state index in [1.807, 2.05) is 30.3 Å². The molecule has 2 N–H and O–H groups in total. The Morgan fingerprint density at radius 3 is 2.37 bits per heavy atom. The van der Waals surface area contributed by atoms with Gasteiger partial charge in [-0.1, -0.05) is 59.6 Å². The van der Waals surface area contributed by atoms with E-state index in [4.69, 9.17) is 27.9 Å². The first-order valence-corrected chi connectivity index (χ1v) is 11.0. The van der Waals surface area contributed by atoms with Crippen LogP contribution in [0, 0.1) is 0 Å². The molecule has 0 radical (unpaired) electrons. The molecular formula is C21H17Cl2NO5S. The molecule has 3 aromatic carbocycles. The fourth-order valence-corrected chi connectivity index (χ4v) is 4.78. The zero-order valence-corrected chi connectivity index (χ0v) is 18.1. The average molecular weight is 466 g/mol. The zero-order chi connectivity index (χ0) is 21.9. The van der Waals surface area contributed by atoms with Crippen molar-refractivity contribution in [1.82, 2.24) is 0 Å². The molecule has 0 aromatic heterocycles. The Morgan fingerprint density at radius 1 is 1.03 bits per heavy atom. The molecule has 6 nitrogen and oxygen atoms in total. The molecule has 0 saturated carbocycles. The zero-order valence-electron chi connectivity index (χ0n) is 15.7. The van der Waals surface area contributed by atoms with E-state index in [0.717, 1.165) is 5.56 Å². The fraction of sp³-hybridized carbons (Fsp3) is 0.0952. The van der Waals surface area contributed by atoms with Gasteiger partial charge in [-0.15, -0.1) is 0 Å². The van der Waals surface area contributed by atoms with Crippen molar-refractivity contribution in [2.45, 2.75) is 11.8 Å². The van der Waals surface area contributed by atoms with Gasteiger partial charge in [-0.3, -0.25) is 4.72 Å². The Hall–Kier alpha value is -2.74. The van der Waals surface area contributed by atoms with Crippen LogP contribution in [0.5, 0.6) is 5.75 Å². The number of carboxylic acids is 1. The summed E-state index contributed by atoms with van der Waals surface area (Å²) in [5, 5.41) is 9.65. The van der Waals surface area contributed by atoms with E-state index in [1.165, 1.54) is 24.3 Å². The molecule has 30 heavy (non-hydrogen) atoms. The van der Waals surface area contributed by atoms with Gasteiger partial charge in [0.25, 0.3) is 10.0 Å². The lowest BCUT2D eigenvalue weighted by Gasteiger charge is -2.16. The summed E-state index contributed by atoms with van der Waals surface area (Å²) in [7, 11) is -4.27. The number of carbonyl (C=O) groups is 1. The third kappa shape index (κ3) is 4.70. The van der Waals surface area contributed by atoms with E-state index in [0.29, 0.717) is 5.56 Å². The van der Waals surface area contributed by atoms with Gasteiger partial charge in [0, 0.05) is 5.02 Å². The van der Waals surface area contributed by atoms with Gasteiger partial charge in [-0.25, -0.2) is 13.2 Å². The third-order valence-electron chi connectivity index (χ3n) is 4.15. The molecule has 9 heteroatoms. The topological polar surface area (TPSA) is 92.7 Å². The molecule has 3 aromatic rings. The second kappa shape index (κ2) is 8.95. The van der Waals surface area contributed by atoms with Crippen molar-refractivity contribution in [2.24, 2.45) is 0 Å². The minimum absolute atomic E-state index is 0.0289. The van der Waals surface area contributed by atoms with E-state index < -0.39 is 16.0 Å². The van der Waals surface area contributed by atoms with Crippen LogP contribution in [-0.4, -0.2) is 26.1 Å². The Kier molecular flexibility index (Phi) is 6.55. The molecule has 0 atom stereocenters. The summed E-state index contributed by atoms with van der Waals surface area (Å²) in [5.41, 5.74) is 1.15. The summed E-state index contributed by atoms with van der Waals surface area (Å²) in [6.45, 7) is 1.86. The highest BCUT2D eigenvalue weighted by Crippen LogP contribution is 2.37. The van der Waals surface area contributed by atoms with Crippen molar-refractivity contribution in [3.8, 4) is 16.9 Å². The number of benzene rings is 3. The van der Waals surface area contributed by atoms with Gasteiger partial charge in [-0.2, -0.15) is 0 Å². The minimum Gasteiger partial charge on any atom is -0.491 e. The van der Waals surface area contributed by atoms with Crippen molar-refractivity contribution in [1.29, 1.82) is 0 Å². The molecular weight excluding hydrogens is 449 g/mol. The molecule has 0 saturated heterocycles. The van der Waals surface area contributed by atoms with E-state index in [2.05, 4.69) is 4.72 Å². The van der Waals surface area contributed by atoms with Crippen molar-refractivity contribution in [3.05, 3.63) is 76.3 Å². The molecule has 0 bridgehead atoms. The van der Waals surface area contributed by atoms with Crippen LogP contribution >= 0.6 is 23.2 Å². The molecule has 0 amide bonds. The van der Waals surface area contributed by atoms with Gasteiger partial charge in [0.2, 0.25) is 0 Å². The lowest BCUT2D eigenvalue weighted by molar-refractivity contribution is 0.0698. The Labute approximate surface area is 184 Å². The molecule has 0 spiro atoms. The summed E-state index contributed by atoms with van der Waals surface area (Å²) in [4.78, 5) is 11.4. The number of ether oxygens (including phenoxy) is 1. The summed E-state index contributed by atoms with van der Waals surface area (Å²) in [6, 6.07) is 16.1. The minimum atomic E-state index is -4.27. The number of nitrogens with one attached hydrogen (secondary N) is 1. The van der Waals surface area contributed by atoms with E-state index in [9.17, 15) is 18.3 Å². The summed E-state index contributed by atoms with van der Waals surface area (Å²) in [5.74, 6) is -1.34. The normalized spacial score (nSPS) is 11.2. The molecule has 0 aliphatic heterocycles. The standard InChI is InChI=1S/C21H17Cl2NO5S/c1-2-29-20-17(23)11-15(22)12-19(20)30(27,28)24-18-10-14(8-9-16(18)21(25)26)13-6-4-3-5-7-13/h3-12,24H,2H2,1H3,(H,25,26). The van der Waals surface area contributed by atoms with Crippen LogP contribution in [0.1, 0.15) is 17.3 Å². The molecule has 156 valence electrons. The average Bonchev–Trinajstić information content (AvgIpc) is 2.70. The molecule has 0 fully saturated rings. The number of carboxylic acid groups (broad SMARTS) is 1. The van der Waals surface area contributed by atoms with Crippen LogP contribution in [0.15, 0.2) is 65.6 Å². The fourth-order valence-electron chi connectivity index (χ4n) is 2.85. The van der Waals surface area contributed by atoms with Crippen molar-refractivity contribution < 1.29 is 23.1 Å². The van der Waals surface area contributed by atoms with Crippen LogP contribution in [-0.2, 0) is 10.0 Å². The van der Waals surface area contributed by atoms with Gasteiger partial charge in [0.05, 0.1) is 22.9 Å². The van der Waals surface area contributed by atoms with Crippen molar-refractivity contribution >= 4 is 44.9 Å². The summed E-state index contributed by atoms with van der Waals surface area (Å²) < 4.78 is 34.0. The number of aromatic carboxylic acids is 1. The highest BCUT2D eigenvalue weighted by Gasteiger charge is 2.25. The number of anilines is 1. The molecule has 0 aliphatic rings. The number of hydrogen-bond acceptors (Lipinski definition) is 4. The van der Waals surface area contributed by atoms with E-state index >= 15 is 0 Å². The van der Waals surface area contributed by atoms with Gasteiger partial charge >= 0.3 is 5.97 Å². The highest BCUT2D eigenvalue weighted by molar-refractivity contribution is 7.92. The third-order valence-corrected chi connectivity index (χ3v) is 6.02. The van der Waals surface area contributed by atoms with Crippen LogP contribution in [0.25, 0.3) is 11.1 Å². The van der Waals surface area contributed by atoms with E-state index in [-0.39, 0.29) is 38.5 Å². The first kappa shape index (κ1) is 22.0. The monoisotopic (exact) mass is 465 g/mol. The van der Waals surface area contributed by atoms with Gasteiger partial charge in [0.15, 0.2) is 5.75 Å². The summed E-state index contributed by atoms with van der Waals surface area (Å²) in [6.07, 6.45) is 0. The van der Waals surface area contributed by atoms with Gasteiger partial charge < -0.3 is 9.84 Å². The SMILES string of the molecule is CCOc1c(Cl)cc(Cl)cc1S(=O)(=O)Nc1cc(-c2ccccc2)ccc1C(=O)O. The first-order valence-electron chi connectivity index (χ1n) is 8.80. The van der Waals surface area contributed by atoms with E-state index in [1.54, 1.807) is 13.0 Å². The second-order valence-electron chi connectivity index (χ2n) is 6.18. The first-order chi connectivity index (χ1) is 14.2. The quantitative estimate of drug-likeness (QED) is 0.476. The molecule has 0 aliphatic carbocycles. The Balaban J connectivity index is 2.12. The van der Waals surface area contributed by atoms with Crippen LogP contribution in [0.4, 0.5) is 5.69 Å². The predicted octanol–water partition coefficient (Wildman–Crippen LogP) is 5.56. The largest absolute Gasteiger partial charge is 0.491 e. The highest BCUT2D eigenvalue weighted by atomic mass is 35.5. The second-order valence-corrected chi connectivity index (χ2v) is 8.68. The Morgan fingerprint density at radius 2 is 1.73 bits per heavy atom. The molecule has 0 heterocycles. The maximum Gasteiger partial charge on any atom is 0.337 e. The maximum absolute atomic E-state index is 13.1. The predicted molar refractivity (Wildman–Crippen MR) is 117 cm³/mol. The number of halogens is 2. The van der Waals surface area contributed by atoms with Crippen LogP contribution < -0.4 is 9.46 Å². The number of sulfonamides is 1. The van der Waals surface area contributed by atoms with Crippen LogP contribution in [0.3, 0.4) is 0 Å².